The minimum absolute atomic E-state index is 0.00973. The van der Waals surface area contributed by atoms with Gasteiger partial charge in [-0.25, -0.2) is 8.42 Å². The first-order valence-corrected chi connectivity index (χ1v) is 9.40. The van der Waals surface area contributed by atoms with Gasteiger partial charge in [-0.15, -0.1) is 0 Å². The normalized spacial score (nSPS) is 14.5. The highest BCUT2D eigenvalue weighted by atomic mass is 35.7. The zero-order valence-corrected chi connectivity index (χ0v) is 14.4. The van der Waals surface area contributed by atoms with Gasteiger partial charge in [0, 0.05) is 22.3 Å². The summed E-state index contributed by atoms with van der Waals surface area (Å²) >= 11 is 0. The molecular formula is C15H22ClNO3S. The molecule has 0 heterocycles. The summed E-state index contributed by atoms with van der Waals surface area (Å²) in [5.41, 5.74) is 0.915. The van der Waals surface area contributed by atoms with Crippen molar-refractivity contribution in [1.82, 2.24) is 5.32 Å². The Balaban J connectivity index is 3.07. The van der Waals surface area contributed by atoms with Crippen LogP contribution >= 0.6 is 10.7 Å². The monoisotopic (exact) mass is 331 g/mol. The number of hydrogen-bond acceptors (Lipinski definition) is 3. The molecule has 0 aliphatic rings. The van der Waals surface area contributed by atoms with Crippen LogP contribution in [0.4, 0.5) is 0 Å². The highest BCUT2D eigenvalue weighted by Gasteiger charge is 2.19. The lowest BCUT2D eigenvalue weighted by atomic mass is 10.0. The maximum Gasteiger partial charge on any atom is 0.261 e. The van der Waals surface area contributed by atoms with Crippen LogP contribution in [0.15, 0.2) is 23.1 Å². The van der Waals surface area contributed by atoms with Gasteiger partial charge in [0.25, 0.3) is 15.0 Å². The largest absolute Gasteiger partial charge is 0.349 e. The summed E-state index contributed by atoms with van der Waals surface area (Å²) in [6.07, 6.45) is 1.49. The average molecular weight is 332 g/mol. The van der Waals surface area contributed by atoms with Gasteiger partial charge in [-0.2, -0.15) is 0 Å². The lowest BCUT2D eigenvalue weighted by Crippen LogP contribution is -2.36. The Morgan fingerprint density at radius 2 is 1.90 bits per heavy atom. The summed E-state index contributed by atoms with van der Waals surface area (Å²) in [5.74, 6) is 0.0621. The van der Waals surface area contributed by atoms with Gasteiger partial charge in [0.1, 0.15) is 0 Å². The quantitative estimate of drug-likeness (QED) is 0.813. The number of hydrogen-bond donors (Lipinski definition) is 1. The van der Waals surface area contributed by atoms with E-state index in [0.29, 0.717) is 23.5 Å². The molecule has 21 heavy (non-hydrogen) atoms. The van der Waals surface area contributed by atoms with Crippen molar-refractivity contribution in [2.24, 2.45) is 5.92 Å². The van der Waals surface area contributed by atoms with Crippen molar-refractivity contribution < 1.29 is 13.2 Å². The van der Waals surface area contributed by atoms with Crippen LogP contribution in [0, 0.1) is 5.92 Å². The third-order valence-electron chi connectivity index (χ3n) is 3.83. The fourth-order valence-corrected chi connectivity index (χ4v) is 3.22. The maximum absolute atomic E-state index is 12.2. The van der Waals surface area contributed by atoms with Crippen LogP contribution in [-0.2, 0) is 15.5 Å². The van der Waals surface area contributed by atoms with E-state index in [4.69, 9.17) is 10.7 Å². The first kappa shape index (κ1) is 18.0. The second-order valence-corrected chi connectivity index (χ2v) is 7.80. The molecule has 2 unspecified atom stereocenters. The predicted octanol–water partition coefficient (Wildman–Crippen LogP) is 3.34. The van der Waals surface area contributed by atoms with Gasteiger partial charge in [0.05, 0.1) is 4.90 Å². The Morgan fingerprint density at radius 1 is 1.29 bits per heavy atom. The number of nitrogens with one attached hydrogen (secondary N) is 1. The van der Waals surface area contributed by atoms with Crippen molar-refractivity contribution in [2.45, 2.75) is 51.5 Å². The van der Waals surface area contributed by atoms with Gasteiger partial charge < -0.3 is 5.32 Å². The van der Waals surface area contributed by atoms with E-state index in [1.165, 1.54) is 6.07 Å². The van der Waals surface area contributed by atoms with Crippen LogP contribution in [0.2, 0.25) is 0 Å². The third kappa shape index (κ3) is 4.71. The first-order chi connectivity index (χ1) is 9.70. The number of amides is 1. The van der Waals surface area contributed by atoms with E-state index in [0.717, 1.165) is 6.42 Å². The fourth-order valence-electron chi connectivity index (χ4n) is 2.00. The second kappa shape index (κ2) is 7.27. The first-order valence-electron chi connectivity index (χ1n) is 7.09. The van der Waals surface area contributed by atoms with E-state index in [-0.39, 0.29) is 16.8 Å². The van der Waals surface area contributed by atoms with Crippen LogP contribution < -0.4 is 5.32 Å². The summed E-state index contributed by atoms with van der Waals surface area (Å²) < 4.78 is 23.2. The standard InChI is InChI=1S/C15H22ClNO3S/c1-5-10(3)11(4)17-15(18)13-8-7-12(6-2)14(9-13)21(16,19)20/h7-11H,5-6H2,1-4H3,(H,17,18). The fraction of sp³-hybridized carbons (Fsp3) is 0.533. The molecule has 1 aromatic rings. The molecular weight excluding hydrogens is 310 g/mol. The van der Waals surface area contributed by atoms with Crippen LogP contribution in [0.5, 0.6) is 0 Å². The van der Waals surface area contributed by atoms with Crippen molar-refractivity contribution in [1.29, 1.82) is 0 Å². The zero-order chi connectivity index (χ0) is 16.2. The minimum Gasteiger partial charge on any atom is -0.349 e. The Bertz CT molecular complexity index is 613. The predicted molar refractivity (Wildman–Crippen MR) is 85.2 cm³/mol. The summed E-state index contributed by atoms with van der Waals surface area (Å²) in [4.78, 5) is 12.2. The van der Waals surface area contributed by atoms with E-state index in [1.54, 1.807) is 12.1 Å². The number of aryl methyl sites for hydroxylation is 1. The summed E-state index contributed by atoms with van der Waals surface area (Å²) in [6.45, 7) is 7.89. The van der Waals surface area contributed by atoms with E-state index in [9.17, 15) is 13.2 Å². The summed E-state index contributed by atoms with van der Waals surface area (Å²) in [7, 11) is 1.58. The molecule has 0 radical (unpaired) electrons. The molecule has 0 aliphatic carbocycles. The molecule has 2 atom stereocenters. The zero-order valence-electron chi connectivity index (χ0n) is 12.8. The Labute approximate surface area is 131 Å². The molecule has 0 saturated heterocycles. The Kier molecular flexibility index (Phi) is 6.23. The van der Waals surface area contributed by atoms with Crippen molar-refractivity contribution in [3.63, 3.8) is 0 Å². The Hall–Kier alpha value is -1.07. The van der Waals surface area contributed by atoms with Crippen molar-refractivity contribution in [3.05, 3.63) is 29.3 Å². The third-order valence-corrected chi connectivity index (χ3v) is 5.23. The number of benzene rings is 1. The van der Waals surface area contributed by atoms with Crippen LogP contribution in [0.1, 0.15) is 50.0 Å². The molecule has 0 saturated carbocycles. The lowest BCUT2D eigenvalue weighted by Gasteiger charge is -2.20. The molecule has 1 N–H and O–H groups in total. The topological polar surface area (TPSA) is 63.2 Å². The average Bonchev–Trinajstić information content (AvgIpc) is 2.44. The van der Waals surface area contributed by atoms with Crippen LogP contribution in [0.3, 0.4) is 0 Å². The van der Waals surface area contributed by atoms with E-state index in [1.807, 2.05) is 13.8 Å². The van der Waals surface area contributed by atoms with Crippen molar-refractivity contribution >= 4 is 25.6 Å². The molecule has 1 amide bonds. The molecule has 0 spiro atoms. The second-order valence-electron chi connectivity index (χ2n) is 5.26. The smallest absolute Gasteiger partial charge is 0.261 e. The summed E-state index contributed by atoms with van der Waals surface area (Å²) in [6, 6.07) is 4.63. The summed E-state index contributed by atoms with van der Waals surface area (Å²) in [5, 5.41) is 2.89. The van der Waals surface area contributed by atoms with Gasteiger partial charge in [0.2, 0.25) is 0 Å². The maximum atomic E-state index is 12.2. The molecule has 0 fully saturated rings. The molecule has 0 aliphatic heterocycles. The molecule has 4 nitrogen and oxygen atoms in total. The van der Waals surface area contributed by atoms with Crippen LogP contribution in [-0.4, -0.2) is 20.4 Å². The number of carbonyl (C=O) groups excluding carboxylic acids is 1. The van der Waals surface area contributed by atoms with Gasteiger partial charge in [-0.1, -0.05) is 33.3 Å². The van der Waals surface area contributed by atoms with Gasteiger partial charge in [0.15, 0.2) is 0 Å². The molecule has 118 valence electrons. The van der Waals surface area contributed by atoms with Crippen molar-refractivity contribution in [2.75, 3.05) is 0 Å². The highest BCUT2D eigenvalue weighted by molar-refractivity contribution is 8.13. The number of halogens is 1. The van der Waals surface area contributed by atoms with Crippen LogP contribution in [0.25, 0.3) is 0 Å². The Morgan fingerprint density at radius 3 is 2.38 bits per heavy atom. The van der Waals surface area contributed by atoms with Gasteiger partial charge >= 0.3 is 0 Å². The molecule has 0 aromatic heterocycles. The molecule has 1 aromatic carbocycles. The minimum atomic E-state index is -3.86. The molecule has 1 rings (SSSR count). The molecule has 6 heteroatoms. The SMILES string of the molecule is CCc1ccc(C(=O)NC(C)C(C)CC)cc1S(=O)(=O)Cl. The van der Waals surface area contributed by atoms with Crippen molar-refractivity contribution in [3.8, 4) is 0 Å². The van der Waals surface area contributed by atoms with Gasteiger partial charge in [-0.05, 0) is 37.0 Å². The van der Waals surface area contributed by atoms with E-state index in [2.05, 4.69) is 19.2 Å². The van der Waals surface area contributed by atoms with E-state index < -0.39 is 9.05 Å². The highest BCUT2D eigenvalue weighted by Crippen LogP contribution is 2.22. The molecule has 0 bridgehead atoms. The van der Waals surface area contributed by atoms with E-state index >= 15 is 0 Å². The van der Waals surface area contributed by atoms with Gasteiger partial charge in [-0.3, -0.25) is 4.79 Å². The number of carbonyl (C=O) groups is 1. The lowest BCUT2D eigenvalue weighted by molar-refractivity contribution is 0.0928. The number of rotatable bonds is 6.